The predicted molar refractivity (Wildman–Crippen MR) is 114 cm³/mol. The zero-order valence-electron chi connectivity index (χ0n) is 18.7. The van der Waals surface area contributed by atoms with Gasteiger partial charge in [0.15, 0.2) is 5.69 Å². The third kappa shape index (κ3) is 4.40. The van der Waals surface area contributed by atoms with Crippen LogP contribution in [0.2, 0.25) is 0 Å². The number of piperidine rings is 1. The molecule has 0 unspecified atom stereocenters. The van der Waals surface area contributed by atoms with E-state index in [9.17, 15) is 9.90 Å². The Balaban J connectivity index is 0.000000821. The number of carbonyl (C=O) groups excluding carboxylic acids is 1. The third-order valence-electron chi connectivity index (χ3n) is 6.71. The number of rotatable bonds is 3. The second-order valence-electron chi connectivity index (χ2n) is 8.68. The van der Waals surface area contributed by atoms with Gasteiger partial charge in [-0.15, -0.1) is 0 Å². The van der Waals surface area contributed by atoms with E-state index in [0.717, 1.165) is 42.8 Å². The molecule has 1 aliphatic carbocycles. The van der Waals surface area contributed by atoms with E-state index in [1.54, 1.807) is 6.92 Å². The van der Waals surface area contributed by atoms with Crippen molar-refractivity contribution in [2.75, 3.05) is 31.6 Å². The summed E-state index contributed by atoms with van der Waals surface area (Å²) in [5.41, 5.74) is 3.00. The Kier molecular flexibility index (Phi) is 6.56. The van der Waals surface area contributed by atoms with E-state index in [4.69, 9.17) is 19.6 Å². The molecule has 12 heteroatoms. The van der Waals surface area contributed by atoms with Gasteiger partial charge in [0.2, 0.25) is 0 Å². The smallest absolute Gasteiger partial charge is 0.290 e. The van der Waals surface area contributed by atoms with Gasteiger partial charge in [0.25, 0.3) is 12.4 Å². The van der Waals surface area contributed by atoms with E-state index in [1.165, 1.54) is 0 Å². The number of nitrogens with one attached hydrogen (secondary N) is 1. The number of likely N-dealkylation sites (tertiary alicyclic amines) is 1. The number of aromatic nitrogens is 4. The van der Waals surface area contributed by atoms with E-state index in [-0.39, 0.29) is 23.8 Å². The summed E-state index contributed by atoms with van der Waals surface area (Å²) in [4.78, 5) is 32.4. The second kappa shape index (κ2) is 9.40. The van der Waals surface area contributed by atoms with Gasteiger partial charge in [-0.05, 0) is 44.7 Å². The number of carboxylic acid groups (broad SMARTS) is 1. The standard InChI is InChI=1S/C20H26N6O4.CH2O2/c1-11-16(25-30-24-11)19(28)26-7-5-20(6-8-26)4-3-13-17(20)21-12(2)22-18(13)23-14-9-29-10-15(14)27;2-1-3/h14-15,27H,3-10H2,1-2H3,(H,21,22,23);1H,(H,2,3)/t14-,15-;/m0./s1. The van der Waals surface area contributed by atoms with Crippen molar-refractivity contribution < 1.29 is 29.2 Å². The lowest BCUT2D eigenvalue weighted by Crippen LogP contribution is -2.45. The summed E-state index contributed by atoms with van der Waals surface area (Å²) in [6, 6.07) is -0.154. The van der Waals surface area contributed by atoms with Crippen molar-refractivity contribution in [3.63, 3.8) is 0 Å². The first kappa shape index (κ1) is 23.1. The highest BCUT2D eigenvalue weighted by molar-refractivity contribution is 5.93. The molecule has 0 aromatic carbocycles. The van der Waals surface area contributed by atoms with Crippen LogP contribution < -0.4 is 5.32 Å². The third-order valence-corrected chi connectivity index (χ3v) is 6.71. The quantitative estimate of drug-likeness (QED) is 0.545. The Hall–Kier alpha value is -3.12. The summed E-state index contributed by atoms with van der Waals surface area (Å²) in [6.45, 7) is 5.48. The predicted octanol–water partition coefficient (Wildman–Crippen LogP) is 0.469. The molecule has 4 heterocycles. The molecule has 2 aromatic heterocycles. The largest absolute Gasteiger partial charge is 0.483 e. The minimum atomic E-state index is -0.532. The maximum absolute atomic E-state index is 12.8. The van der Waals surface area contributed by atoms with Crippen LogP contribution in [0.5, 0.6) is 0 Å². The highest BCUT2D eigenvalue weighted by atomic mass is 16.6. The number of anilines is 1. The summed E-state index contributed by atoms with van der Waals surface area (Å²) >= 11 is 0. The maximum atomic E-state index is 12.8. The molecule has 2 fully saturated rings. The Bertz CT molecular complexity index is 1020. The Morgan fingerprint density at radius 3 is 2.52 bits per heavy atom. The van der Waals surface area contributed by atoms with Crippen LogP contribution in [0.4, 0.5) is 5.82 Å². The molecule has 3 aliphatic rings. The van der Waals surface area contributed by atoms with Gasteiger partial charge in [-0.25, -0.2) is 14.6 Å². The topological polar surface area (TPSA) is 164 Å². The van der Waals surface area contributed by atoms with Crippen LogP contribution in [0.25, 0.3) is 0 Å². The molecule has 0 saturated carbocycles. The number of ether oxygens (including phenoxy) is 1. The molecule has 0 bridgehead atoms. The maximum Gasteiger partial charge on any atom is 0.290 e. The zero-order chi connectivity index (χ0) is 23.6. The fraction of sp³-hybridized carbons (Fsp3) is 0.619. The SMILES string of the molecule is Cc1nc(N[C@H]2COC[C@@H]2O)c2c(n1)C1(CC2)CCN(C(=O)c2nonc2C)CC1.O=CO. The van der Waals surface area contributed by atoms with Crippen LogP contribution in [0.3, 0.4) is 0 Å². The number of aliphatic hydroxyl groups is 1. The molecule has 0 radical (unpaired) electrons. The van der Waals surface area contributed by atoms with Gasteiger partial charge < -0.3 is 25.2 Å². The zero-order valence-corrected chi connectivity index (χ0v) is 18.7. The Labute approximate surface area is 190 Å². The minimum absolute atomic E-state index is 0.0435. The lowest BCUT2D eigenvalue weighted by molar-refractivity contribution is -0.122. The van der Waals surface area contributed by atoms with Gasteiger partial charge in [-0.1, -0.05) is 5.16 Å². The molecule has 1 amide bonds. The number of carbonyl (C=O) groups is 2. The number of hydrogen-bond acceptors (Lipinski definition) is 10. The summed E-state index contributed by atoms with van der Waals surface area (Å²) in [7, 11) is 0. The van der Waals surface area contributed by atoms with Crippen LogP contribution >= 0.6 is 0 Å². The fourth-order valence-corrected chi connectivity index (χ4v) is 4.93. The van der Waals surface area contributed by atoms with Gasteiger partial charge >= 0.3 is 0 Å². The Morgan fingerprint density at radius 1 is 1.18 bits per heavy atom. The molecule has 2 atom stereocenters. The molecule has 178 valence electrons. The average molecular weight is 460 g/mol. The van der Waals surface area contributed by atoms with E-state index in [0.29, 0.717) is 43.5 Å². The summed E-state index contributed by atoms with van der Waals surface area (Å²) in [5, 5.41) is 27.9. The van der Waals surface area contributed by atoms with Crippen molar-refractivity contribution >= 4 is 18.2 Å². The van der Waals surface area contributed by atoms with Crippen molar-refractivity contribution in [3.05, 3.63) is 28.5 Å². The summed E-state index contributed by atoms with van der Waals surface area (Å²) in [6.07, 6.45) is 3.05. The van der Waals surface area contributed by atoms with Crippen molar-refractivity contribution in [2.24, 2.45) is 0 Å². The normalized spacial score (nSPS) is 23.1. The molecule has 2 aliphatic heterocycles. The van der Waals surface area contributed by atoms with E-state index in [1.807, 2.05) is 11.8 Å². The average Bonchev–Trinajstić information content (AvgIpc) is 3.49. The molecule has 3 N–H and O–H groups in total. The van der Waals surface area contributed by atoms with E-state index < -0.39 is 6.10 Å². The minimum Gasteiger partial charge on any atom is -0.483 e. The first-order valence-corrected chi connectivity index (χ1v) is 10.9. The molecule has 33 heavy (non-hydrogen) atoms. The van der Waals surface area contributed by atoms with Gasteiger partial charge in [0.05, 0.1) is 31.1 Å². The van der Waals surface area contributed by atoms with Gasteiger partial charge in [-0.3, -0.25) is 9.59 Å². The number of hydrogen-bond donors (Lipinski definition) is 3. The first-order chi connectivity index (χ1) is 15.9. The van der Waals surface area contributed by atoms with Gasteiger partial charge in [-0.2, -0.15) is 0 Å². The number of aliphatic hydroxyl groups excluding tert-OH is 1. The Morgan fingerprint density at radius 2 is 1.91 bits per heavy atom. The van der Waals surface area contributed by atoms with Crippen molar-refractivity contribution in [1.82, 2.24) is 25.2 Å². The van der Waals surface area contributed by atoms with Crippen molar-refractivity contribution in [1.29, 1.82) is 0 Å². The molecular formula is C21H28N6O6. The van der Waals surface area contributed by atoms with Crippen molar-refractivity contribution in [3.8, 4) is 0 Å². The summed E-state index contributed by atoms with van der Waals surface area (Å²) in [5.74, 6) is 1.40. The molecular weight excluding hydrogens is 432 g/mol. The number of nitrogens with zero attached hydrogens (tertiary/aromatic N) is 5. The second-order valence-corrected chi connectivity index (χ2v) is 8.68. The number of fused-ring (bicyclic) bond motifs is 2. The van der Waals surface area contributed by atoms with Crippen LogP contribution in [0.15, 0.2) is 4.63 Å². The van der Waals surface area contributed by atoms with Crippen LogP contribution in [0.1, 0.15) is 52.5 Å². The molecule has 2 aromatic rings. The molecule has 1 spiro atoms. The lowest BCUT2D eigenvalue weighted by Gasteiger charge is -2.39. The number of amides is 1. The lowest BCUT2D eigenvalue weighted by atomic mass is 9.76. The van der Waals surface area contributed by atoms with Crippen molar-refractivity contribution in [2.45, 2.75) is 57.1 Å². The molecule has 12 nitrogen and oxygen atoms in total. The monoisotopic (exact) mass is 460 g/mol. The highest BCUT2D eigenvalue weighted by Crippen LogP contribution is 2.47. The van der Waals surface area contributed by atoms with E-state index in [2.05, 4.69) is 25.2 Å². The van der Waals surface area contributed by atoms with Crippen LogP contribution in [-0.4, -0.2) is 86.2 Å². The number of aryl methyl sites for hydroxylation is 2. The summed E-state index contributed by atoms with van der Waals surface area (Å²) < 4.78 is 10.1. The van der Waals surface area contributed by atoms with E-state index >= 15 is 0 Å². The molecule has 2 saturated heterocycles. The van der Waals surface area contributed by atoms with Crippen LogP contribution in [0, 0.1) is 13.8 Å². The van der Waals surface area contributed by atoms with Crippen LogP contribution in [-0.2, 0) is 21.4 Å². The van der Waals surface area contributed by atoms with Gasteiger partial charge in [0.1, 0.15) is 17.3 Å². The first-order valence-electron chi connectivity index (χ1n) is 10.9. The molecule has 5 rings (SSSR count). The fourth-order valence-electron chi connectivity index (χ4n) is 4.93. The highest BCUT2D eigenvalue weighted by Gasteiger charge is 2.45. The van der Waals surface area contributed by atoms with Gasteiger partial charge in [0, 0.05) is 24.1 Å².